The topological polar surface area (TPSA) is 105 Å². The van der Waals surface area contributed by atoms with Crippen LogP contribution in [0, 0.1) is 0 Å². The van der Waals surface area contributed by atoms with Gasteiger partial charge in [0.25, 0.3) is 0 Å². The maximum atomic E-state index is 13.0. The molecule has 0 aromatic rings. The zero-order chi connectivity index (χ0) is 59.1. The van der Waals surface area contributed by atoms with Crippen LogP contribution < -0.4 is 5.32 Å². The van der Waals surface area contributed by atoms with Crippen LogP contribution in [0.4, 0.5) is 0 Å². The number of nitrogens with one attached hydrogen (secondary N) is 1. The number of allylic oxidation sites excluding steroid dienone is 3. The molecule has 0 saturated heterocycles. The van der Waals surface area contributed by atoms with E-state index in [-0.39, 0.29) is 19.1 Å². The zero-order valence-corrected chi connectivity index (χ0v) is 56.2. The van der Waals surface area contributed by atoms with E-state index in [2.05, 4.69) is 31.3 Å². The van der Waals surface area contributed by atoms with E-state index in [0.717, 1.165) is 38.5 Å². The third-order valence-corrected chi connectivity index (χ3v) is 17.9. The van der Waals surface area contributed by atoms with Crippen molar-refractivity contribution in [1.82, 2.24) is 5.32 Å². The monoisotopic (exact) mass is 1160 g/mol. The SMILES string of the molecule is CCCCCCCCCCCCCCCC/C=C/CC/C=C/C(O)C(COP(=O)(O)OCC[N+](C)(C)C)NC(=O)CCCCCCCCCCCCCCCCCCCCCCCCCCCCCCCCCCCCCCCCC. The smallest absolute Gasteiger partial charge is 0.387 e. The van der Waals surface area contributed by atoms with Gasteiger partial charge in [-0.25, -0.2) is 4.57 Å². The molecule has 0 radical (unpaired) electrons. The fourth-order valence-electron chi connectivity index (χ4n) is 11.3. The molecule has 0 heterocycles. The van der Waals surface area contributed by atoms with Crippen molar-refractivity contribution >= 4 is 13.7 Å². The fourth-order valence-corrected chi connectivity index (χ4v) is 12.0. The molecule has 0 spiro atoms. The van der Waals surface area contributed by atoms with Gasteiger partial charge < -0.3 is 19.8 Å². The van der Waals surface area contributed by atoms with Crippen molar-refractivity contribution in [3.05, 3.63) is 24.3 Å². The summed E-state index contributed by atoms with van der Waals surface area (Å²) < 4.78 is 23.8. The van der Waals surface area contributed by atoms with Crippen LogP contribution in [0.15, 0.2) is 24.3 Å². The summed E-state index contributed by atoms with van der Waals surface area (Å²) in [4.78, 5) is 23.4. The summed E-state index contributed by atoms with van der Waals surface area (Å²) in [6, 6.07) is -0.861. The van der Waals surface area contributed by atoms with Crippen molar-refractivity contribution in [3.63, 3.8) is 0 Å². The predicted octanol–water partition coefficient (Wildman–Crippen LogP) is 23.1. The fraction of sp³-hybridized carbons (Fsp3) is 0.931. The highest BCUT2D eigenvalue weighted by Gasteiger charge is 2.28. The lowest BCUT2D eigenvalue weighted by Crippen LogP contribution is -2.45. The molecule has 3 N–H and O–H groups in total. The number of hydrogen-bond acceptors (Lipinski definition) is 5. The molecule has 3 atom stereocenters. The molecule has 81 heavy (non-hydrogen) atoms. The number of hydrogen-bond donors (Lipinski definition) is 3. The second kappa shape index (κ2) is 63.5. The van der Waals surface area contributed by atoms with Gasteiger partial charge >= 0.3 is 7.82 Å². The van der Waals surface area contributed by atoms with E-state index in [4.69, 9.17) is 9.05 Å². The van der Waals surface area contributed by atoms with Crippen molar-refractivity contribution in [2.45, 2.75) is 392 Å². The third-order valence-electron chi connectivity index (χ3n) is 16.9. The van der Waals surface area contributed by atoms with E-state index in [1.54, 1.807) is 6.08 Å². The first-order chi connectivity index (χ1) is 39.5. The molecule has 0 saturated carbocycles. The van der Waals surface area contributed by atoms with Gasteiger partial charge in [-0.1, -0.05) is 366 Å². The van der Waals surface area contributed by atoms with Crippen molar-refractivity contribution in [3.8, 4) is 0 Å². The molecule has 9 heteroatoms. The van der Waals surface area contributed by atoms with Crippen LogP contribution >= 0.6 is 7.82 Å². The molecule has 0 rings (SSSR count). The third kappa shape index (κ3) is 66.4. The number of nitrogens with zero attached hydrogens (tertiary/aromatic N) is 1. The Morgan fingerprint density at radius 3 is 0.988 bits per heavy atom. The molecule has 482 valence electrons. The molecule has 0 aliphatic rings. The zero-order valence-electron chi connectivity index (χ0n) is 55.3. The van der Waals surface area contributed by atoms with Gasteiger partial charge in [-0.3, -0.25) is 13.8 Å². The number of carbonyl (C=O) groups is 1. The van der Waals surface area contributed by atoms with Gasteiger partial charge in [0.1, 0.15) is 13.2 Å². The Kier molecular flexibility index (Phi) is 62.7. The number of quaternary nitrogens is 1. The summed E-state index contributed by atoms with van der Waals surface area (Å²) in [6.45, 7) is 4.86. The molecule has 0 aliphatic heterocycles. The molecular formula is C72H144N2O6P+. The van der Waals surface area contributed by atoms with E-state index in [1.165, 1.54) is 321 Å². The van der Waals surface area contributed by atoms with Crippen LogP contribution in [0.5, 0.6) is 0 Å². The van der Waals surface area contributed by atoms with E-state index < -0.39 is 20.0 Å². The number of phosphoric ester groups is 1. The number of unbranched alkanes of at least 4 members (excludes halogenated alkanes) is 53. The highest BCUT2D eigenvalue weighted by Crippen LogP contribution is 2.43. The largest absolute Gasteiger partial charge is 0.472 e. The molecule has 0 bridgehead atoms. The number of aliphatic hydroxyl groups is 1. The number of rotatable bonds is 68. The maximum absolute atomic E-state index is 13.0. The second-order valence-corrected chi connectivity index (χ2v) is 27.8. The molecular weight excluding hydrogens is 1020 g/mol. The first-order valence-electron chi connectivity index (χ1n) is 36.2. The Bertz CT molecular complexity index is 1370. The summed E-state index contributed by atoms with van der Waals surface area (Å²) in [5, 5.41) is 14.0. The standard InChI is InChI=1S/C72H143N2O6P/c1-6-8-10-12-14-16-18-20-22-24-26-28-29-30-31-32-33-34-35-36-37-38-39-40-41-42-43-44-45-46-48-50-52-54-56-58-60-62-64-66-72(76)73-70(69-80-81(77,78)79-68-67-74(3,4)5)71(75)65-63-61-59-57-55-53-51-49-47-27-25-23-21-19-17-15-13-11-9-7-2/h55,57,63,65,70-71,75H,6-54,56,58-62,64,66-69H2,1-5H3,(H-,73,76,77,78)/p+1/b57-55+,65-63+. The minimum absolute atomic E-state index is 0.0590. The van der Waals surface area contributed by atoms with Crippen LogP contribution in [-0.2, 0) is 18.4 Å². The van der Waals surface area contributed by atoms with Crippen LogP contribution in [0.25, 0.3) is 0 Å². The lowest BCUT2D eigenvalue weighted by Gasteiger charge is -2.25. The van der Waals surface area contributed by atoms with E-state index in [1.807, 2.05) is 27.2 Å². The highest BCUT2D eigenvalue weighted by molar-refractivity contribution is 7.47. The van der Waals surface area contributed by atoms with E-state index in [0.29, 0.717) is 17.4 Å². The minimum Gasteiger partial charge on any atom is -0.387 e. The van der Waals surface area contributed by atoms with Crippen LogP contribution in [-0.4, -0.2) is 73.4 Å². The molecule has 0 aromatic heterocycles. The average molecular weight is 1160 g/mol. The van der Waals surface area contributed by atoms with Gasteiger partial charge in [0.2, 0.25) is 5.91 Å². The predicted molar refractivity (Wildman–Crippen MR) is 355 cm³/mol. The summed E-state index contributed by atoms with van der Waals surface area (Å²) >= 11 is 0. The first kappa shape index (κ1) is 80.0. The molecule has 0 aliphatic carbocycles. The van der Waals surface area contributed by atoms with Gasteiger partial charge in [0.15, 0.2) is 0 Å². The Morgan fingerprint density at radius 1 is 0.407 bits per heavy atom. The lowest BCUT2D eigenvalue weighted by molar-refractivity contribution is -0.870. The van der Waals surface area contributed by atoms with Gasteiger partial charge in [-0.2, -0.15) is 0 Å². The van der Waals surface area contributed by atoms with Crippen molar-refractivity contribution in [2.75, 3.05) is 40.9 Å². The summed E-state index contributed by atoms with van der Waals surface area (Å²) in [5.74, 6) is -0.178. The molecule has 3 unspecified atom stereocenters. The van der Waals surface area contributed by atoms with Crippen LogP contribution in [0.2, 0.25) is 0 Å². The van der Waals surface area contributed by atoms with Gasteiger partial charge in [0, 0.05) is 6.42 Å². The summed E-state index contributed by atoms with van der Waals surface area (Å²) in [6.07, 6.45) is 83.6. The summed E-state index contributed by atoms with van der Waals surface area (Å²) in [5.41, 5.74) is 0. The average Bonchev–Trinajstić information content (AvgIpc) is 3.43. The molecule has 0 aromatic carbocycles. The number of likely N-dealkylation sites (N-methyl/N-ethyl adjacent to an activating group) is 1. The quantitative estimate of drug-likeness (QED) is 0.0243. The van der Waals surface area contributed by atoms with E-state index >= 15 is 0 Å². The Morgan fingerprint density at radius 2 is 0.679 bits per heavy atom. The molecule has 8 nitrogen and oxygen atoms in total. The Labute approximate surface area is 506 Å². The van der Waals surface area contributed by atoms with Crippen LogP contribution in [0.3, 0.4) is 0 Å². The van der Waals surface area contributed by atoms with Gasteiger partial charge in [-0.15, -0.1) is 0 Å². The molecule has 1 amide bonds. The molecule has 0 fully saturated rings. The Hall–Kier alpha value is -1.02. The van der Waals surface area contributed by atoms with Crippen molar-refractivity contribution < 1.29 is 32.9 Å². The van der Waals surface area contributed by atoms with Crippen molar-refractivity contribution in [1.29, 1.82) is 0 Å². The number of aliphatic hydroxyl groups excluding tert-OH is 1. The minimum atomic E-state index is -4.36. The number of amides is 1. The second-order valence-electron chi connectivity index (χ2n) is 26.3. The normalized spacial score (nSPS) is 13.7. The highest BCUT2D eigenvalue weighted by atomic mass is 31.2. The summed E-state index contributed by atoms with van der Waals surface area (Å²) in [7, 11) is 1.57. The lowest BCUT2D eigenvalue weighted by atomic mass is 10.0. The van der Waals surface area contributed by atoms with Crippen LogP contribution in [0.1, 0.15) is 380 Å². The Balaban J connectivity index is 3.92. The number of phosphoric acid groups is 1. The maximum Gasteiger partial charge on any atom is 0.472 e. The van der Waals surface area contributed by atoms with Crippen molar-refractivity contribution in [2.24, 2.45) is 0 Å². The first-order valence-corrected chi connectivity index (χ1v) is 37.7. The van der Waals surface area contributed by atoms with Gasteiger partial charge in [0.05, 0.1) is 39.9 Å². The number of carbonyl (C=O) groups excluding carboxylic acids is 1. The van der Waals surface area contributed by atoms with Gasteiger partial charge in [-0.05, 0) is 32.1 Å². The van der Waals surface area contributed by atoms with E-state index in [9.17, 15) is 19.4 Å².